The minimum absolute atomic E-state index is 0.401. The summed E-state index contributed by atoms with van der Waals surface area (Å²) < 4.78 is 103. The van der Waals surface area contributed by atoms with Gasteiger partial charge >= 0.3 is 0 Å². The molecule has 0 heterocycles. The number of nitrogens with one attached hydrogen (secondary N) is 2. The third-order valence-corrected chi connectivity index (χ3v) is 6.25. The molecule has 25 heavy (non-hydrogen) atoms. The standard InChI is InChI=1S/C13H10F4N2O4S2/c14-8-1-3-12(10(16)5-8)18-24(20,21)7-25(22,23)19-13-4-2-9(15)6-11(13)17/h1-6,18-19H,7H2. The third-order valence-electron chi connectivity index (χ3n) is 2.70. The van der Waals surface area contributed by atoms with Gasteiger partial charge in [0.15, 0.2) is 5.08 Å². The summed E-state index contributed by atoms with van der Waals surface area (Å²) in [5, 5.41) is -1.58. The maximum Gasteiger partial charge on any atom is 0.249 e. The highest BCUT2D eigenvalue weighted by Gasteiger charge is 2.24. The molecule has 2 aromatic carbocycles. The van der Waals surface area contributed by atoms with Gasteiger partial charge in [-0.05, 0) is 24.3 Å². The van der Waals surface area contributed by atoms with Gasteiger partial charge in [-0.15, -0.1) is 0 Å². The first-order valence-corrected chi connectivity index (χ1v) is 9.69. The van der Waals surface area contributed by atoms with E-state index >= 15 is 0 Å². The first-order valence-electron chi connectivity index (χ1n) is 6.38. The summed E-state index contributed by atoms with van der Waals surface area (Å²) in [7, 11) is -9.26. The summed E-state index contributed by atoms with van der Waals surface area (Å²) in [6.07, 6.45) is 0. The SMILES string of the molecule is O=S(=O)(CS(=O)(=O)Nc1ccc(F)cc1F)Nc1ccc(F)cc1F. The zero-order valence-electron chi connectivity index (χ0n) is 12.1. The molecule has 12 heteroatoms. The predicted octanol–water partition coefficient (Wildman–Crippen LogP) is 2.38. The second-order valence-corrected chi connectivity index (χ2v) is 8.61. The van der Waals surface area contributed by atoms with Crippen LogP contribution in [0.4, 0.5) is 28.9 Å². The van der Waals surface area contributed by atoms with Crippen molar-refractivity contribution in [1.82, 2.24) is 0 Å². The lowest BCUT2D eigenvalue weighted by Gasteiger charge is -2.11. The number of hydrogen-bond acceptors (Lipinski definition) is 4. The Morgan fingerprint density at radius 3 is 1.36 bits per heavy atom. The van der Waals surface area contributed by atoms with Crippen LogP contribution in [-0.2, 0) is 20.0 Å². The average molecular weight is 398 g/mol. The Labute approximate surface area is 140 Å². The van der Waals surface area contributed by atoms with Gasteiger partial charge in [-0.25, -0.2) is 34.4 Å². The van der Waals surface area contributed by atoms with E-state index in [1.165, 1.54) is 0 Å². The van der Waals surface area contributed by atoms with E-state index in [1.807, 2.05) is 0 Å². The topological polar surface area (TPSA) is 92.3 Å². The first kappa shape index (κ1) is 19.0. The van der Waals surface area contributed by atoms with Crippen molar-refractivity contribution in [2.45, 2.75) is 0 Å². The molecule has 0 radical (unpaired) electrons. The first-order chi connectivity index (χ1) is 11.5. The molecule has 0 aromatic heterocycles. The Hall–Kier alpha value is -2.34. The van der Waals surface area contributed by atoms with Gasteiger partial charge in [-0.1, -0.05) is 0 Å². The lowest BCUT2D eigenvalue weighted by molar-refractivity contribution is 0.580. The molecule has 0 amide bonds. The maximum atomic E-state index is 13.4. The van der Waals surface area contributed by atoms with Crippen molar-refractivity contribution < 1.29 is 34.4 Å². The lowest BCUT2D eigenvalue weighted by atomic mass is 10.3. The van der Waals surface area contributed by atoms with E-state index in [0.29, 0.717) is 12.1 Å². The van der Waals surface area contributed by atoms with Gasteiger partial charge in [0.05, 0.1) is 11.4 Å². The highest BCUT2D eigenvalue weighted by Crippen LogP contribution is 2.19. The summed E-state index contributed by atoms with van der Waals surface area (Å²) >= 11 is 0. The Bertz CT molecular complexity index is 929. The van der Waals surface area contributed by atoms with Crippen molar-refractivity contribution in [2.75, 3.05) is 14.5 Å². The molecule has 0 atom stereocenters. The Morgan fingerprint density at radius 1 is 0.680 bits per heavy atom. The third kappa shape index (κ3) is 5.32. The smallest absolute Gasteiger partial charge is 0.249 e. The maximum absolute atomic E-state index is 13.4. The van der Waals surface area contributed by atoms with Crippen LogP contribution in [0.1, 0.15) is 0 Å². The van der Waals surface area contributed by atoms with Gasteiger partial charge in [0.2, 0.25) is 20.0 Å². The van der Waals surface area contributed by atoms with Crippen LogP contribution in [0.5, 0.6) is 0 Å². The zero-order chi connectivity index (χ0) is 18.8. The summed E-state index contributed by atoms with van der Waals surface area (Å²) in [5.74, 6) is -4.42. The van der Waals surface area contributed by atoms with Gasteiger partial charge in [-0.2, -0.15) is 0 Å². The number of hydrogen-bond donors (Lipinski definition) is 2. The largest absolute Gasteiger partial charge is 0.280 e. The fourth-order valence-electron chi connectivity index (χ4n) is 1.74. The van der Waals surface area contributed by atoms with Crippen LogP contribution in [-0.4, -0.2) is 21.9 Å². The summed E-state index contributed by atoms with van der Waals surface area (Å²) in [4.78, 5) is 0. The highest BCUT2D eigenvalue weighted by atomic mass is 32.3. The molecule has 0 aliphatic carbocycles. The van der Waals surface area contributed by atoms with E-state index in [1.54, 1.807) is 9.44 Å². The second-order valence-electron chi connectivity index (χ2n) is 4.80. The molecule has 0 bridgehead atoms. The van der Waals surface area contributed by atoms with E-state index in [-0.39, 0.29) is 0 Å². The molecule has 6 nitrogen and oxygen atoms in total. The van der Waals surface area contributed by atoms with Gasteiger partial charge in [0.25, 0.3) is 0 Å². The van der Waals surface area contributed by atoms with Crippen molar-refractivity contribution in [2.24, 2.45) is 0 Å². The van der Waals surface area contributed by atoms with E-state index in [0.717, 1.165) is 24.3 Å². The summed E-state index contributed by atoms with van der Waals surface area (Å²) in [5.41, 5.74) is -1.32. The number of benzene rings is 2. The summed E-state index contributed by atoms with van der Waals surface area (Å²) in [6, 6.07) is 3.87. The molecule has 0 saturated heterocycles. The molecule has 2 aromatic rings. The van der Waals surface area contributed by atoms with Crippen molar-refractivity contribution in [3.05, 3.63) is 59.7 Å². The van der Waals surface area contributed by atoms with E-state index < -0.39 is 59.8 Å². The van der Waals surface area contributed by atoms with Crippen LogP contribution in [0.2, 0.25) is 0 Å². The van der Waals surface area contributed by atoms with Crippen LogP contribution < -0.4 is 9.44 Å². The average Bonchev–Trinajstić information content (AvgIpc) is 2.44. The van der Waals surface area contributed by atoms with Crippen molar-refractivity contribution in [3.63, 3.8) is 0 Å². The van der Waals surface area contributed by atoms with Crippen molar-refractivity contribution >= 4 is 31.4 Å². The van der Waals surface area contributed by atoms with E-state index in [9.17, 15) is 34.4 Å². The van der Waals surface area contributed by atoms with E-state index in [4.69, 9.17) is 0 Å². The fourth-order valence-corrected chi connectivity index (χ4v) is 4.85. The number of anilines is 2. The van der Waals surface area contributed by atoms with Crippen LogP contribution in [0, 0.1) is 23.3 Å². The number of sulfonamides is 2. The molecule has 0 spiro atoms. The van der Waals surface area contributed by atoms with Crippen LogP contribution in [0.3, 0.4) is 0 Å². The minimum atomic E-state index is -4.63. The van der Waals surface area contributed by atoms with Gasteiger partial charge < -0.3 is 0 Å². The van der Waals surface area contributed by atoms with Crippen molar-refractivity contribution in [1.29, 1.82) is 0 Å². The number of rotatable bonds is 6. The molecular weight excluding hydrogens is 388 g/mol. The van der Waals surface area contributed by atoms with Gasteiger partial charge in [0.1, 0.15) is 23.3 Å². The molecule has 136 valence electrons. The zero-order valence-corrected chi connectivity index (χ0v) is 13.8. The molecule has 0 aliphatic rings. The van der Waals surface area contributed by atoms with Gasteiger partial charge in [-0.3, -0.25) is 9.44 Å². The Balaban J connectivity index is 2.17. The van der Waals surface area contributed by atoms with Crippen LogP contribution >= 0.6 is 0 Å². The predicted molar refractivity (Wildman–Crippen MR) is 82.7 cm³/mol. The summed E-state index contributed by atoms with van der Waals surface area (Å²) in [6.45, 7) is 0. The minimum Gasteiger partial charge on any atom is -0.280 e. The monoisotopic (exact) mass is 398 g/mol. The number of halogens is 4. The van der Waals surface area contributed by atoms with Crippen LogP contribution in [0.25, 0.3) is 0 Å². The molecule has 2 N–H and O–H groups in total. The highest BCUT2D eigenvalue weighted by molar-refractivity contribution is 8.09. The molecule has 2 rings (SSSR count). The van der Waals surface area contributed by atoms with Crippen molar-refractivity contribution in [3.8, 4) is 0 Å². The van der Waals surface area contributed by atoms with Crippen LogP contribution in [0.15, 0.2) is 36.4 Å². The molecule has 0 unspecified atom stereocenters. The molecule has 0 fully saturated rings. The molecule has 0 aliphatic heterocycles. The quantitative estimate of drug-likeness (QED) is 0.731. The second kappa shape index (κ2) is 6.88. The van der Waals surface area contributed by atoms with E-state index in [2.05, 4.69) is 0 Å². The normalized spacial score (nSPS) is 12.0. The molecular formula is C13H10F4N2O4S2. The lowest BCUT2D eigenvalue weighted by Crippen LogP contribution is -2.28. The molecule has 0 saturated carbocycles. The fraction of sp³-hybridized carbons (Fsp3) is 0.0769. The van der Waals surface area contributed by atoms with Gasteiger partial charge in [0, 0.05) is 12.1 Å². The Morgan fingerprint density at radius 2 is 1.04 bits per heavy atom. The Kier molecular flexibility index (Phi) is 5.23.